The van der Waals surface area contributed by atoms with Gasteiger partial charge < -0.3 is 49.0 Å². The number of likely N-dealkylation sites (tertiary alicyclic amines) is 1. The molecule has 0 radical (unpaired) electrons. The summed E-state index contributed by atoms with van der Waals surface area (Å²) in [5, 5.41) is 43.2. The SMILES string of the molecule is CC(C)(C)OC(=O)N[C@@H](Cc1ccc(OS(=O)(=Nc2ccccc2O[C@@H]2O[C@H](CO)[C@H](O)[C@H](O)[C@H]2O)N2CCCC2)cc1)C(=O)N1CCCC1. The predicted octanol–water partition coefficient (Wildman–Crippen LogP) is 2.03. The molecule has 0 bridgehead atoms. The maximum atomic E-state index is 14.5. The molecule has 2 aromatic carbocycles. The number of aliphatic hydroxyl groups excluding tert-OH is 4. The normalized spacial score (nSPS) is 26.1. The highest BCUT2D eigenvalue weighted by molar-refractivity contribution is 7.87. The van der Waals surface area contributed by atoms with Gasteiger partial charge in [-0.25, -0.2) is 4.79 Å². The number of amides is 2. The highest BCUT2D eigenvalue weighted by atomic mass is 32.2. The third-order valence-electron chi connectivity index (χ3n) is 8.54. The molecule has 276 valence electrons. The van der Waals surface area contributed by atoms with Gasteiger partial charge >= 0.3 is 6.09 Å². The van der Waals surface area contributed by atoms with Gasteiger partial charge in [0, 0.05) is 32.6 Å². The van der Waals surface area contributed by atoms with E-state index in [1.54, 1.807) is 72.4 Å². The summed E-state index contributed by atoms with van der Waals surface area (Å²) in [5.74, 6) is 0.132. The maximum Gasteiger partial charge on any atom is 0.408 e. The number of aliphatic hydroxyl groups is 4. The fraction of sp³-hybridized carbons (Fsp3) is 0.588. The van der Waals surface area contributed by atoms with Crippen molar-refractivity contribution in [1.82, 2.24) is 14.5 Å². The monoisotopic (exact) mass is 720 g/mol. The zero-order valence-corrected chi connectivity index (χ0v) is 29.4. The molecule has 0 saturated carbocycles. The van der Waals surface area contributed by atoms with Crippen molar-refractivity contribution >= 4 is 27.9 Å². The number of benzene rings is 2. The van der Waals surface area contributed by atoms with Crippen molar-refractivity contribution in [3.05, 3.63) is 54.1 Å². The standard InChI is InChI=1S/C34H48N4O11S/c1-34(2,3)48-33(44)35-25(31(43)37-16-6-7-17-37)20-22-12-14-23(15-13-22)49-50(45,38-18-8-9-19-38)36-24-10-4-5-11-26(24)46-32-30(42)29(41)28(40)27(21-39)47-32/h4-5,10-15,25,27-30,32,39-42H,6-9,16-21H2,1-3H3,(H,35,44)/t25-,27+,28-,29-,30+,32+,50?/m0/s1. The third-order valence-corrected chi connectivity index (χ3v) is 10.4. The minimum absolute atomic E-state index is 0.0638. The Labute approximate surface area is 292 Å². The molecule has 0 aromatic heterocycles. The van der Waals surface area contributed by atoms with Gasteiger partial charge in [-0.1, -0.05) is 24.3 Å². The molecule has 0 spiro atoms. The molecule has 5 rings (SSSR count). The number of hydrogen-bond donors (Lipinski definition) is 5. The van der Waals surface area contributed by atoms with Crippen LogP contribution in [0.25, 0.3) is 0 Å². The smallest absolute Gasteiger partial charge is 0.408 e. The van der Waals surface area contributed by atoms with Gasteiger partial charge in [0.25, 0.3) is 10.2 Å². The van der Waals surface area contributed by atoms with Crippen LogP contribution in [0.1, 0.15) is 52.0 Å². The van der Waals surface area contributed by atoms with Crippen molar-refractivity contribution in [2.24, 2.45) is 4.36 Å². The second kappa shape index (κ2) is 16.2. The Morgan fingerprint density at radius 3 is 2.24 bits per heavy atom. The summed E-state index contributed by atoms with van der Waals surface area (Å²) in [4.78, 5) is 27.8. The quantitative estimate of drug-likeness (QED) is 0.228. The van der Waals surface area contributed by atoms with Crippen molar-refractivity contribution in [3.8, 4) is 11.5 Å². The van der Waals surface area contributed by atoms with Gasteiger partial charge in [0.15, 0.2) is 0 Å². The van der Waals surface area contributed by atoms with Crippen LogP contribution < -0.4 is 14.2 Å². The molecular formula is C34H48N4O11S. The molecule has 0 aliphatic carbocycles. The molecule has 15 nitrogen and oxygen atoms in total. The lowest BCUT2D eigenvalue weighted by Crippen LogP contribution is -2.60. The summed E-state index contributed by atoms with van der Waals surface area (Å²) < 4.78 is 43.6. The Hall–Kier alpha value is -3.51. The Kier molecular flexibility index (Phi) is 12.2. The van der Waals surface area contributed by atoms with Crippen molar-refractivity contribution in [2.45, 2.75) is 95.2 Å². The highest BCUT2D eigenvalue weighted by Gasteiger charge is 2.45. The van der Waals surface area contributed by atoms with Crippen molar-refractivity contribution in [3.63, 3.8) is 0 Å². The van der Waals surface area contributed by atoms with E-state index in [0.29, 0.717) is 26.2 Å². The van der Waals surface area contributed by atoms with Crippen molar-refractivity contribution < 1.29 is 52.6 Å². The lowest BCUT2D eigenvalue weighted by Gasteiger charge is -2.39. The first-order valence-corrected chi connectivity index (χ1v) is 18.3. The summed E-state index contributed by atoms with van der Waals surface area (Å²) >= 11 is 0. The Morgan fingerprint density at radius 2 is 1.60 bits per heavy atom. The summed E-state index contributed by atoms with van der Waals surface area (Å²) in [6.07, 6.45) is -4.59. The van der Waals surface area contributed by atoms with E-state index in [0.717, 1.165) is 31.2 Å². The minimum atomic E-state index is -3.57. The van der Waals surface area contributed by atoms with Crippen LogP contribution in [0.5, 0.6) is 11.5 Å². The molecule has 2 aromatic rings. The molecule has 3 fully saturated rings. The van der Waals surface area contributed by atoms with E-state index >= 15 is 0 Å². The van der Waals surface area contributed by atoms with Gasteiger partial charge in [-0.05, 0) is 76.3 Å². The fourth-order valence-electron chi connectivity index (χ4n) is 5.94. The van der Waals surface area contributed by atoms with E-state index in [4.69, 9.17) is 18.4 Å². The maximum absolute atomic E-state index is 14.5. The van der Waals surface area contributed by atoms with E-state index in [1.165, 1.54) is 6.07 Å². The first-order valence-electron chi connectivity index (χ1n) is 16.9. The van der Waals surface area contributed by atoms with E-state index in [1.807, 2.05) is 0 Å². The zero-order valence-electron chi connectivity index (χ0n) is 28.6. The molecule has 5 N–H and O–H groups in total. The second-order valence-corrected chi connectivity index (χ2v) is 15.4. The van der Waals surface area contributed by atoms with Crippen molar-refractivity contribution in [2.75, 3.05) is 32.8 Å². The van der Waals surface area contributed by atoms with Crippen LogP contribution in [0.15, 0.2) is 52.9 Å². The largest absolute Gasteiger partial charge is 0.460 e. The van der Waals surface area contributed by atoms with Gasteiger partial charge in [-0.2, -0.15) is 8.51 Å². The average Bonchev–Trinajstić information content (AvgIpc) is 3.81. The van der Waals surface area contributed by atoms with Crippen LogP contribution in [-0.4, -0.2) is 121 Å². The molecule has 7 atom stereocenters. The van der Waals surface area contributed by atoms with Gasteiger partial charge in [0.1, 0.15) is 53.2 Å². The molecule has 3 heterocycles. The fourth-order valence-corrected chi connectivity index (χ4v) is 7.68. The number of alkyl carbamates (subject to hydrolysis) is 1. The number of carbonyl (C=O) groups is 2. The Bertz CT molecular complexity index is 1580. The number of hydrogen-bond acceptors (Lipinski definition) is 12. The number of rotatable bonds is 11. The van der Waals surface area contributed by atoms with Crippen LogP contribution in [0.4, 0.5) is 10.5 Å². The lowest BCUT2D eigenvalue weighted by atomic mass is 9.99. The summed E-state index contributed by atoms with van der Waals surface area (Å²) in [7, 11) is -3.57. The predicted molar refractivity (Wildman–Crippen MR) is 182 cm³/mol. The highest BCUT2D eigenvalue weighted by Crippen LogP contribution is 2.34. The van der Waals surface area contributed by atoms with Crippen LogP contribution in [0, 0.1) is 0 Å². The molecule has 16 heteroatoms. The number of carbonyl (C=O) groups excluding carboxylic acids is 2. The zero-order chi connectivity index (χ0) is 36.1. The summed E-state index contributed by atoms with van der Waals surface area (Å²) in [6.45, 7) is 6.82. The number of nitrogens with zero attached hydrogens (tertiary/aromatic N) is 3. The van der Waals surface area contributed by atoms with Gasteiger partial charge in [-0.3, -0.25) is 4.79 Å². The summed E-state index contributed by atoms with van der Waals surface area (Å²) in [6, 6.07) is 12.2. The van der Waals surface area contributed by atoms with Crippen LogP contribution in [0.2, 0.25) is 0 Å². The molecule has 1 unspecified atom stereocenters. The lowest BCUT2D eigenvalue weighted by molar-refractivity contribution is -0.277. The molecule has 2 amide bonds. The van der Waals surface area contributed by atoms with Crippen molar-refractivity contribution in [1.29, 1.82) is 0 Å². The van der Waals surface area contributed by atoms with E-state index in [2.05, 4.69) is 9.68 Å². The number of ether oxygens (including phenoxy) is 3. The minimum Gasteiger partial charge on any atom is -0.460 e. The molecule has 50 heavy (non-hydrogen) atoms. The second-order valence-electron chi connectivity index (χ2n) is 13.6. The Balaban J connectivity index is 1.36. The first-order chi connectivity index (χ1) is 23.8. The molecule has 3 aliphatic rings. The molecular weight excluding hydrogens is 672 g/mol. The van der Waals surface area contributed by atoms with Crippen LogP contribution >= 0.6 is 0 Å². The Morgan fingerprint density at radius 1 is 0.960 bits per heavy atom. The van der Waals surface area contributed by atoms with Gasteiger partial charge in [0.2, 0.25) is 12.2 Å². The summed E-state index contributed by atoms with van der Waals surface area (Å²) in [5.41, 5.74) is 0.119. The molecule has 3 aliphatic heterocycles. The van der Waals surface area contributed by atoms with Crippen LogP contribution in [0.3, 0.4) is 0 Å². The average molecular weight is 721 g/mol. The number of nitrogens with one attached hydrogen (secondary N) is 1. The first kappa shape index (κ1) is 37.7. The van der Waals surface area contributed by atoms with E-state index < -0.39 is 65.2 Å². The van der Waals surface area contributed by atoms with Gasteiger partial charge in [0.05, 0.1) is 6.61 Å². The number of para-hydroxylation sites is 1. The van der Waals surface area contributed by atoms with E-state index in [-0.39, 0.29) is 29.5 Å². The third kappa shape index (κ3) is 9.42. The molecule has 3 saturated heterocycles. The van der Waals surface area contributed by atoms with E-state index in [9.17, 15) is 34.2 Å². The topological polar surface area (TPSA) is 200 Å². The van der Waals surface area contributed by atoms with Gasteiger partial charge in [-0.15, -0.1) is 4.36 Å². The van der Waals surface area contributed by atoms with Crippen LogP contribution in [-0.2, 0) is 30.9 Å².